The third-order valence-corrected chi connectivity index (χ3v) is 3.58. The minimum atomic E-state index is 0.148. The molecule has 3 rings (SSSR count). The van der Waals surface area contributed by atoms with Crippen LogP contribution in [0.1, 0.15) is 5.69 Å². The van der Waals surface area contributed by atoms with Crippen molar-refractivity contribution in [3.05, 3.63) is 59.2 Å². The quantitative estimate of drug-likeness (QED) is 0.786. The number of benzene rings is 2. The van der Waals surface area contributed by atoms with Gasteiger partial charge in [0.15, 0.2) is 11.5 Å². The molecule has 3 aromatic rings. The highest BCUT2D eigenvalue weighted by atomic mass is 35.5. The first kappa shape index (κ1) is 12.9. The second kappa shape index (κ2) is 5.10. The highest BCUT2D eigenvalue weighted by Gasteiger charge is 2.08. The zero-order chi connectivity index (χ0) is 14.1. The van der Waals surface area contributed by atoms with Crippen LogP contribution in [0.25, 0.3) is 10.9 Å². The molecule has 3 nitrogen and oxygen atoms in total. The maximum Gasteiger partial charge on any atom is 0.161 e. The van der Waals surface area contributed by atoms with Gasteiger partial charge in [0, 0.05) is 23.0 Å². The Morgan fingerprint density at radius 3 is 2.75 bits per heavy atom. The van der Waals surface area contributed by atoms with E-state index in [2.05, 4.69) is 4.57 Å². The van der Waals surface area contributed by atoms with Crippen LogP contribution in [0.4, 0.5) is 0 Å². The number of nitrogens with zero attached hydrogens (tertiary/aromatic N) is 1. The molecule has 0 aliphatic rings. The Morgan fingerprint density at radius 2 is 1.95 bits per heavy atom. The number of aromatic hydroxyl groups is 1. The van der Waals surface area contributed by atoms with E-state index in [0.29, 0.717) is 12.4 Å². The zero-order valence-electron chi connectivity index (χ0n) is 11.0. The third kappa shape index (κ3) is 2.32. The van der Waals surface area contributed by atoms with Crippen LogP contribution in [0.3, 0.4) is 0 Å². The predicted molar refractivity (Wildman–Crippen MR) is 80.4 cm³/mol. The lowest BCUT2D eigenvalue weighted by molar-refractivity contribution is 0.282. The van der Waals surface area contributed by atoms with Crippen LogP contribution in [0.15, 0.2) is 48.5 Å². The molecular formula is C16H14ClNO2. The van der Waals surface area contributed by atoms with Crippen LogP contribution >= 0.6 is 11.6 Å². The fraction of sp³-hybridized carbons (Fsp3) is 0.125. The number of fused-ring (bicyclic) bond motifs is 1. The average molecular weight is 288 g/mol. The molecule has 0 spiro atoms. The number of ether oxygens (including phenoxy) is 1. The lowest BCUT2D eigenvalue weighted by Gasteiger charge is -2.08. The van der Waals surface area contributed by atoms with Gasteiger partial charge in [0.05, 0.1) is 5.69 Å². The summed E-state index contributed by atoms with van der Waals surface area (Å²) in [6.45, 7) is 0.389. The second-order valence-corrected chi connectivity index (χ2v) is 5.09. The van der Waals surface area contributed by atoms with Gasteiger partial charge >= 0.3 is 0 Å². The van der Waals surface area contributed by atoms with Crippen LogP contribution < -0.4 is 4.74 Å². The van der Waals surface area contributed by atoms with Crippen molar-refractivity contribution in [3.8, 4) is 11.5 Å². The first-order valence-electron chi connectivity index (χ1n) is 6.30. The van der Waals surface area contributed by atoms with E-state index in [1.54, 1.807) is 18.2 Å². The van der Waals surface area contributed by atoms with E-state index in [4.69, 9.17) is 16.3 Å². The van der Waals surface area contributed by atoms with E-state index < -0.39 is 0 Å². The Labute approximate surface area is 122 Å². The summed E-state index contributed by atoms with van der Waals surface area (Å²) in [7, 11) is 1.99. The molecule has 1 aromatic heterocycles. The Bertz CT molecular complexity index is 764. The van der Waals surface area contributed by atoms with Gasteiger partial charge in [-0.25, -0.2) is 0 Å². The van der Waals surface area contributed by atoms with Gasteiger partial charge in [-0.1, -0.05) is 23.7 Å². The summed E-state index contributed by atoms with van der Waals surface area (Å²) in [5.41, 5.74) is 2.12. The van der Waals surface area contributed by atoms with Gasteiger partial charge in [0.2, 0.25) is 0 Å². The smallest absolute Gasteiger partial charge is 0.161 e. The summed E-state index contributed by atoms with van der Waals surface area (Å²) >= 11 is 6.00. The van der Waals surface area contributed by atoms with E-state index in [1.165, 1.54) is 0 Å². The van der Waals surface area contributed by atoms with Crippen LogP contribution in [-0.2, 0) is 13.7 Å². The molecule has 1 N–H and O–H groups in total. The number of para-hydroxylation sites is 2. The SMILES string of the molecule is Cn1c(COc2ccccc2O)cc2cc(Cl)ccc21. The summed E-state index contributed by atoms with van der Waals surface area (Å²) < 4.78 is 7.72. The number of hydrogen-bond donors (Lipinski definition) is 1. The van der Waals surface area contributed by atoms with Gasteiger partial charge in [-0.05, 0) is 36.4 Å². The number of phenolic OH excluding ortho intramolecular Hbond substituents is 1. The normalized spacial score (nSPS) is 10.9. The Balaban J connectivity index is 1.88. The van der Waals surface area contributed by atoms with E-state index in [9.17, 15) is 5.11 Å². The number of aromatic nitrogens is 1. The number of phenols is 1. The molecule has 0 radical (unpaired) electrons. The van der Waals surface area contributed by atoms with Crippen molar-refractivity contribution in [2.45, 2.75) is 6.61 Å². The minimum absolute atomic E-state index is 0.148. The topological polar surface area (TPSA) is 34.4 Å². The molecule has 0 atom stereocenters. The van der Waals surface area contributed by atoms with Crippen molar-refractivity contribution in [3.63, 3.8) is 0 Å². The van der Waals surface area contributed by atoms with Crippen molar-refractivity contribution < 1.29 is 9.84 Å². The molecule has 2 aromatic carbocycles. The average Bonchev–Trinajstić information content (AvgIpc) is 2.74. The largest absolute Gasteiger partial charge is 0.504 e. The Kier molecular flexibility index (Phi) is 3.28. The summed E-state index contributed by atoms with van der Waals surface area (Å²) in [4.78, 5) is 0. The molecule has 0 saturated heterocycles. The van der Waals surface area contributed by atoms with E-state index >= 15 is 0 Å². The summed E-state index contributed by atoms with van der Waals surface area (Å²) in [6, 6.07) is 14.8. The fourth-order valence-electron chi connectivity index (χ4n) is 2.25. The van der Waals surface area contributed by atoms with Crippen LogP contribution in [0.5, 0.6) is 11.5 Å². The predicted octanol–water partition coefficient (Wildman–Crippen LogP) is 4.12. The van der Waals surface area contributed by atoms with Gasteiger partial charge < -0.3 is 14.4 Å². The summed E-state index contributed by atoms with van der Waals surface area (Å²) in [5, 5.41) is 11.5. The molecule has 20 heavy (non-hydrogen) atoms. The van der Waals surface area contributed by atoms with Crippen molar-refractivity contribution in [2.24, 2.45) is 7.05 Å². The molecule has 0 aliphatic heterocycles. The monoisotopic (exact) mass is 287 g/mol. The highest BCUT2D eigenvalue weighted by molar-refractivity contribution is 6.31. The van der Waals surface area contributed by atoms with Gasteiger partial charge in [-0.15, -0.1) is 0 Å². The number of aryl methyl sites for hydroxylation is 1. The standard InChI is InChI=1S/C16H14ClNO2/c1-18-13(9-11-8-12(17)6-7-14(11)18)10-20-16-5-3-2-4-15(16)19/h2-9,19H,10H2,1H3. The van der Waals surface area contributed by atoms with E-state index in [-0.39, 0.29) is 5.75 Å². The zero-order valence-corrected chi connectivity index (χ0v) is 11.8. The molecule has 4 heteroatoms. The molecule has 0 unspecified atom stereocenters. The molecular weight excluding hydrogens is 274 g/mol. The number of halogens is 1. The molecule has 0 amide bonds. The summed E-state index contributed by atoms with van der Waals surface area (Å²) in [5.74, 6) is 0.630. The summed E-state index contributed by atoms with van der Waals surface area (Å²) in [6.07, 6.45) is 0. The van der Waals surface area contributed by atoms with Crippen molar-refractivity contribution in [1.82, 2.24) is 4.57 Å². The maximum atomic E-state index is 9.68. The minimum Gasteiger partial charge on any atom is -0.504 e. The maximum absolute atomic E-state index is 9.68. The molecule has 0 saturated carbocycles. The molecule has 1 heterocycles. The molecule has 0 bridgehead atoms. The van der Waals surface area contributed by atoms with E-state index in [0.717, 1.165) is 21.6 Å². The van der Waals surface area contributed by atoms with Crippen LogP contribution in [0, 0.1) is 0 Å². The van der Waals surface area contributed by atoms with Gasteiger partial charge in [0.25, 0.3) is 0 Å². The van der Waals surface area contributed by atoms with Crippen molar-refractivity contribution in [2.75, 3.05) is 0 Å². The lowest BCUT2D eigenvalue weighted by atomic mass is 10.2. The Morgan fingerprint density at radius 1 is 1.15 bits per heavy atom. The van der Waals surface area contributed by atoms with Crippen LogP contribution in [-0.4, -0.2) is 9.67 Å². The van der Waals surface area contributed by atoms with Gasteiger partial charge in [0.1, 0.15) is 6.61 Å². The number of hydrogen-bond acceptors (Lipinski definition) is 2. The third-order valence-electron chi connectivity index (χ3n) is 3.34. The lowest BCUT2D eigenvalue weighted by Crippen LogP contribution is -2.01. The molecule has 0 aliphatic carbocycles. The first-order chi connectivity index (χ1) is 9.65. The number of rotatable bonds is 3. The van der Waals surface area contributed by atoms with Gasteiger partial charge in [-0.3, -0.25) is 0 Å². The second-order valence-electron chi connectivity index (χ2n) is 4.65. The first-order valence-corrected chi connectivity index (χ1v) is 6.67. The Hall–Kier alpha value is -2.13. The van der Waals surface area contributed by atoms with E-state index in [1.807, 2.05) is 37.4 Å². The van der Waals surface area contributed by atoms with Crippen molar-refractivity contribution in [1.29, 1.82) is 0 Å². The molecule has 102 valence electrons. The highest BCUT2D eigenvalue weighted by Crippen LogP contribution is 2.27. The van der Waals surface area contributed by atoms with Crippen molar-refractivity contribution >= 4 is 22.5 Å². The van der Waals surface area contributed by atoms with Crippen LogP contribution in [0.2, 0.25) is 5.02 Å². The fourth-order valence-corrected chi connectivity index (χ4v) is 2.43. The van der Waals surface area contributed by atoms with Gasteiger partial charge in [-0.2, -0.15) is 0 Å². The molecule has 0 fully saturated rings.